The number of carbonyl (C=O) groups is 1. The summed E-state index contributed by atoms with van der Waals surface area (Å²) < 4.78 is 20.0. The molecule has 36 heavy (non-hydrogen) atoms. The Morgan fingerprint density at radius 2 is 1.94 bits per heavy atom. The third kappa shape index (κ3) is 5.53. The zero-order valence-electron chi connectivity index (χ0n) is 21.6. The summed E-state index contributed by atoms with van der Waals surface area (Å²) in [4.78, 5) is 13.4. The van der Waals surface area contributed by atoms with Crippen molar-refractivity contribution in [2.24, 2.45) is 5.92 Å². The van der Waals surface area contributed by atoms with Crippen LogP contribution in [0, 0.1) is 18.3 Å². The number of benzene rings is 1. The molecule has 1 aromatic carbocycles. The summed E-state index contributed by atoms with van der Waals surface area (Å²) in [5.41, 5.74) is 2.25. The second-order valence-corrected chi connectivity index (χ2v) is 10.3. The number of fused-ring (bicyclic) bond motifs is 1. The van der Waals surface area contributed by atoms with Gasteiger partial charge < -0.3 is 19.3 Å². The van der Waals surface area contributed by atoms with Crippen LogP contribution in [0.2, 0.25) is 0 Å². The fourth-order valence-corrected chi connectivity index (χ4v) is 3.91. The van der Waals surface area contributed by atoms with Crippen LogP contribution < -0.4 is 19.8 Å². The van der Waals surface area contributed by atoms with Gasteiger partial charge in [0.2, 0.25) is 11.5 Å². The molecule has 0 radical (unpaired) electrons. The van der Waals surface area contributed by atoms with E-state index >= 15 is 0 Å². The molecule has 10 nitrogen and oxygen atoms in total. The maximum absolute atomic E-state index is 13.4. The molecule has 1 fully saturated rings. The molecule has 2 heterocycles. The van der Waals surface area contributed by atoms with E-state index in [4.69, 9.17) is 24.7 Å². The van der Waals surface area contributed by atoms with Crippen molar-refractivity contribution in [1.29, 1.82) is 5.41 Å². The van der Waals surface area contributed by atoms with Gasteiger partial charge >= 0.3 is 0 Å². The standard InChI is InChI=1S/C26H35N5O5/c1-16-11-22(36-15-17-7-8-17)28-31-24(16)29-30(25(31)27)14-20(33)18-12-19(26(2,3)4)23(34-5)21(13-18)35-10-6-9-32/h11-13,17,27,32H,6-10,14-15H2,1-5H3. The SMILES string of the molecule is COc1c(OCCCO)cc(C(=O)Cn2nc3c(C)cc(OCC4CC4)nn3c2=N)cc1C(C)(C)C. The molecule has 1 aliphatic carbocycles. The van der Waals surface area contributed by atoms with E-state index in [1.807, 2.05) is 39.8 Å². The van der Waals surface area contributed by atoms with Crippen LogP contribution in [0.3, 0.4) is 0 Å². The Balaban J connectivity index is 1.65. The number of hydrogen-bond donors (Lipinski definition) is 2. The lowest BCUT2D eigenvalue weighted by Crippen LogP contribution is -2.26. The van der Waals surface area contributed by atoms with Crippen LogP contribution in [0.5, 0.6) is 17.4 Å². The molecule has 0 amide bonds. The quantitative estimate of drug-likeness (QED) is 0.308. The van der Waals surface area contributed by atoms with Gasteiger partial charge in [0.15, 0.2) is 22.9 Å². The summed E-state index contributed by atoms with van der Waals surface area (Å²) in [7, 11) is 1.57. The maximum Gasteiger partial charge on any atom is 0.242 e. The Bertz CT molecular complexity index is 1320. The van der Waals surface area contributed by atoms with Crippen molar-refractivity contribution in [3.05, 3.63) is 40.5 Å². The molecule has 10 heteroatoms. The highest BCUT2D eigenvalue weighted by Gasteiger charge is 2.26. The molecule has 3 aromatic rings. The van der Waals surface area contributed by atoms with Crippen LogP contribution in [0.1, 0.15) is 61.5 Å². The van der Waals surface area contributed by atoms with Gasteiger partial charge in [0.1, 0.15) is 6.54 Å². The van der Waals surface area contributed by atoms with Gasteiger partial charge in [-0.2, -0.15) is 4.52 Å². The number of methoxy groups -OCH3 is 1. The average Bonchev–Trinajstić information content (AvgIpc) is 3.61. The highest BCUT2D eigenvalue weighted by Crippen LogP contribution is 2.40. The Kier molecular flexibility index (Phi) is 7.35. The number of aryl methyl sites for hydroxylation is 1. The molecule has 0 spiro atoms. The Morgan fingerprint density at radius 1 is 1.19 bits per heavy atom. The molecule has 0 bridgehead atoms. The smallest absolute Gasteiger partial charge is 0.242 e. The lowest BCUT2D eigenvalue weighted by Gasteiger charge is -2.25. The zero-order valence-corrected chi connectivity index (χ0v) is 21.6. The van der Waals surface area contributed by atoms with E-state index in [0.717, 1.165) is 11.1 Å². The number of aliphatic hydroxyl groups excluding tert-OH is 1. The number of carbonyl (C=O) groups excluding carboxylic acids is 1. The molecule has 4 rings (SSSR count). The van der Waals surface area contributed by atoms with Crippen molar-refractivity contribution in [3.63, 3.8) is 0 Å². The summed E-state index contributed by atoms with van der Waals surface area (Å²) in [6, 6.07) is 5.28. The van der Waals surface area contributed by atoms with Crippen LogP contribution in [0.15, 0.2) is 18.2 Å². The number of ether oxygens (including phenoxy) is 3. The topological polar surface area (TPSA) is 124 Å². The van der Waals surface area contributed by atoms with Gasteiger partial charge in [-0.15, -0.1) is 10.2 Å². The number of nitrogens with one attached hydrogen (secondary N) is 1. The van der Waals surface area contributed by atoms with Crippen LogP contribution in [0.25, 0.3) is 5.65 Å². The highest BCUT2D eigenvalue weighted by molar-refractivity contribution is 5.97. The summed E-state index contributed by atoms with van der Waals surface area (Å²) in [6.07, 6.45) is 2.81. The minimum absolute atomic E-state index is 0.00462. The molecule has 0 saturated heterocycles. The van der Waals surface area contributed by atoms with E-state index in [9.17, 15) is 4.79 Å². The Labute approximate surface area is 210 Å². The summed E-state index contributed by atoms with van der Waals surface area (Å²) in [6.45, 7) is 8.77. The van der Waals surface area contributed by atoms with E-state index in [2.05, 4.69) is 10.2 Å². The summed E-state index contributed by atoms with van der Waals surface area (Å²) in [5.74, 6) is 1.83. The second-order valence-electron chi connectivity index (χ2n) is 10.3. The maximum atomic E-state index is 13.4. The molecule has 0 atom stereocenters. The summed E-state index contributed by atoms with van der Waals surface area (Å²) in [5, 5.41) is 26.6. The molecule has 0 aliphatic heterocycles. The third-order valence-electron chi connectivity index (χ3n) is 6.16. The van der Waals surface area contributed by atoms with Crippen LogP contribution in [-0.4, -0.2) is 57.2 Å². The highest BCUT2D eigenvalue weighted by atomic mass is 16.5. The number of aromatic nitrogens is 4. The number of rotatable bonds is 11. The molecular weight excluding hydrogens is 462 g/mol. The molecular formula is C26H35N5O5. The number of ketones is 1. The van der Waals surface area contributed by atoms with Crippen LogP contribution in [0.4, 0.5) is 0 Å². The van der Waals surface area contributed by atoms with Gasteiger partial charge in [-0.25, -0.2) is 4.68 Å². The van der Waals surface area contributed by atoms with Gasteiger partial charge in [-0.1, -0.05) is 20.8 Å². The first kappa shape index (κ1) is 25.7. The first-order valence-electron chi connectivity index (χ1n) is 12.3. The van der Waals surface area contributed by atoms with Crippen molar-refractivity contribution in [1.82, 2.24) is 19.4 Å². The number of nitrogens with zero attached hydrogens (tertiary/aromatic N) is 4. The first-order valence-corrected chi connectivity index (χ1v) is 12.3. The molecule has 2 N–H and O–H groups in total. The van der Waals surface area contributed by atoms with E-state index in [-0.39, 0.29) is 30.0 Å². The number of Topliss-reactive ketones (excluding diaryl/α,β-unsaturated/α-hetero) is 1. The van der Waals surface area contributed by atoms with E-state index in [0.29, 0.717) is 54.1 Å². The van der Waals surface area contributed by atoms with Gasteiger partial charge in [-0.3, -0.25) is 10.2 Å². The molecule has 2 aromatic heterocycles. The fourth-order valence-electron chi connectivity index (χ4n) is 3.91. The van der Waals surface area contributed by atoms with Crippen molar-refractivity contribution in [3.8, 4) is 17.4 Å². The largest absolute Gasteiger partial charge is 0.493 e. The van der Waals surface area contributed by atoms with Gasteiger partial charge in [0, 0.05) is 35.8 Å². The van der Waals surface area contributed by atoms with E-state index < -0.39 is 0 Å². The minimum atomic E-state index is -0.314. The lowest BCUT2D eigenvalue weighted by molar-refractivity contribution is 0.0964. The summed E-state index contributed by atoms with van der Waals surface area (Å²) >= 11 is 0. The van der Waals surface area contributed by atoms with Crippen LogP contribution in [-0.2, 0) is 12.0 Å². The Morgan fingerprint density at radius 3 is 2.58 bits per heavy atom. The molecule has 194 valence electrons. The third-order valence-corrected chi connectivity index (χ3v) is 6.16. The lowest BCUT2D eigenvalue weighted by atomic mass is 9.84. The monoisotopic (exact) mass is 497 g/mol. The number of aliphatic hydroxyl groups is 1. The first-order chi connectivity index (χ1) is 17.1. The molecule has 1 saturated carbocycles. The van der Waals surface area contributed by atoms with Crippen molar-refractivity contribution >= 4 is 11.4 Å². The molecule has 1 aliphatic rings. The minimum Gasteiger partial charge on any atom is -0.493 e. The zero-order chi connectivity index (χ0) is 26.0. The van der Waals surface area contributed by atoms with E-state index in [1.165, 1.54) is 22.0 Å². The predicted molar refractivity (Wildman–Crippen MR) is 133 cm³/mol. The van der Waals surface area contributed by atoms with Crippen molar-refractivity contribution in [2.75, 3.05) is 26.9 Å². The van der Waals surface area contributed by atoms with Crippen molar-refractivity contribution in [2.45, 2.75) is 58.9 Å². The van der Waals surface area contributed by atoms with Gasteiger partial charge in [0.25, 0.3) is 0 Å². The second kappa shape index (κ2) is 10.3. The van der Waals surface area contributed by atoms with Crippen LogP contribution >= 0.6 is 0 Å². The average molecular weight is 498 g/mol. The van der Waals surface area contributed by atoms with Gasteiger partial charge in [0.05, 0.1) is 20.3 Å². The fraction of sp³-hybridized carbons (Fsp3) is 0.538. The van der Waals surface area contributed by atoms with Crippen molar-refractivity contribution < 1.29 is 24.1 Å². The molecule has 0 unspecified atom stereocenters. The number of hydrogen-bond acceptors (Lipinski definition) is 8. The normalized spacial score (nSPS) is 13.7. The Hall–Kier alpha value is -3.40. The van der Waals surface area contributed by atoms with Gasteiger partial charge in [-0.05, 0) is 43.2 Å². The van der Waals surface area contributed by atoms with E-state index in [1.54, 1.807) is 13.2 Å². The predicted octanol–water partition coefficient (Wildman–Crippen LogP) is 3.06.